The summed E-state index contributed by atoms with van der Waals surface area (Å²) in [5.41, 5.74) is 1.42. The second-order valence-corrected chi connectivity index (χ2v) is 7.65. The number of fused-ring (bicyclic) bond motifs is 1. The lowest BCUT2D eigenvalue weighted by molar-refractivity contribution is -0.332. The van der Waals surface area contributed by atoms with Crippen LogP contribution in [0.1, 0.15) is 23.7 Å². The Labute approximate surface area is 172 Å². The van der Waals surface area contributed by atoms with Gasteiger partial charge in [0.25, 0.3) is 0 Å². The van der Waals surface area contributed by atoms with Gasteiger partial charge in [0.1, 0.15) is 24.4 Å². The van der Waals surface area contributed by atoms with Crippen molar-refractivity contribution in [1.29, 1.82) is 0 Å². The summed E-state index contributed by atoms with van der Waals surface area (Å²) in [7, 11) is 0. The second kappa shape index (κ2) is 8.65. The first-order chi connectivity index (χ1) is 13.5. The smallest absolute Gasteiger partial charge is 0.184 e. The fraction of sp³-hybridized carbons (Fsp3) is 0.400. The van der Waals surface area contributed by atoms with Gasteiger partial charge in [0.05, 0.1) is 13.2 Å². The molecule has 2 unspecified atom stereocenters. The Morgan fingerprint density at radius 3 is 1.96 bits per heavy atom. The van der Waals surface area contributed by atoms with Crippen LogP contribution in [0.15, 0.2) is 48.5 Å². The maximum Gasteiger partial charge on any atom is 0.184 e. The van der Waals surface area contributed by atoms with Crippen molar-refractivity contribution in [2.24, 2.45) is 0 Å². The van der Waals surface area contributed by atoms with Crippen molar-refractivity contribution in [2.45, 2.75) is 37.0 Å². The number of hydrogen-bond acceptors (Lipinski definition) is 6. The van der Waals surface area contributed by atoms with Crippen molar-refractivity contribution in [3.63, 3.8) is 0 Å². The van der Waals surface area contributed by atoms with Crippen molar-refractivity contribution in [3.05, 3.63) is 69.7 Å². The fourth-order valence-corrected chi connectivity index (χ4v) is 3.72. The summed E-state index contributed by atoms with van der Waals surface area (Å²) in [5.74, 6) is 0. The van der Waals surface area contributed by atoms with Crippen molar-refractivity contribution in [3.8, 4) is 0 Å². The first kappa shape index (κ1) is 20.1. The van der Waals surface area contributed by atoms with Crippen LogP contribution in [0.25, 0.3) is 0 Å². The van der Waals surface area contributed by atoms with E-state index < -0.39 is 37.0 Å². The fourth-order valence-electron chi connectivity index (χ4n) is 3.32. The van der Waals surface area contributed by atoms with E-state index in [9.17, 15) is 10.2 Å². The van der Waals surface area contributed by atoms with Gasteiger partial charge < -0.3 is 29.2 Å². The molecule has 8 heteroatoms. The molecule has 2 heterocycles. The summed E-state index contributed by atoms with van der Waals surface area (Å²) in [6, 6.07) is 14.2. The summed E-state index contributed by atoms with van der Waals surface area (Å²) in [6.07, 6.45) is -5.30. The lowest BCUT2D eigenvalue weighted by Crippen LogP contribution is -2.55. The van der Waals surface area contributed by atoms with E-state index in [0.717, 1.165) is 5.56 Å². The van der Waals surface area contributed by atoms with E-state index >= 15 is 0 Å². The molecule has 0 amide bonds. The van der Waals surface area contributed by atoms with E-state index in [1.54, 1.807) is 36.4 Å². The van der Waals surface area contributed by atoms with E-state index in [0.29, 0.717) is 15.6 Å². The molecule has 2 aromatic carbocycles. The third kappa shape index (κ3) is 4.35. The third-order valence-electron chi connectivity index (χ3n) is 4.75. The van der Waals surface area contributed by atoms with E-state index in [2.05, 4.69) is 0 Å². The average Bonchev–Trinajstić information content (AvgIpc) is 2.69. The van der Waals surface area contributed by atoms with E-state index in [1.807, 2.05) is 12.1 Å². The molecule has 2 saturated heterocycles. The van der Waals surface area contributed by atoms with Gasteiger partial charge in [-0.2, -0.15) is 0 Å². The molecule has 0 aromatic heterocycles. The van der Waals surface area contributed by atoms with Crippen LogP contribution in [0.3, 0.4) is 0 Å². The van der Waals surface area contributed by atoms with Gasteiger partial charge in [-0.3, -0.25) is 0 Å². The molecule has 2 aromatic rings. The van der Waals surface area contributed by atoms with Crippen LogP contribution in [-0.2, 0) is 18.9 Å². The molecule has 0 spiro atoms. The molecule has 0 radical (unpaired) electrons. The normalized spacial score (nSPS) is 33.6. The number of aliphatic hydroxyl groups is 2. The average molecular weight is 427 g/mol. The molecule has 2 N–H and O–H groups in total. The van der Waals surface area contributed by atoms with Crippen LogP contribution in [-0.4, -0.2) is 47.8 Å². The molecule has 0 bridgehead atoms. The molecule has 4 rings (SSSR count). The predicted octanol–water partition coefficient (Wildman–Crippen LogP) is 3.24. The maximum atomic E-state index is 10.6. The maximum absolute atomic E-state index is 10.6. The molecule has 0 saturated carbocycles. The minimum Gasteiger partial charge on any atom is -0.388 e. The van der Waals surface area contributed by atoms with Crippen LogP contribution in [0, 0.1) is 0 Å². The number of hydrogen-bond donors (Lipinski definition) is 2. The summed E-state index contributed by atoms with van der Waals surface area (Å²) in [5, 5.41) is 22.0. The van der Waals surface area contributed by atoms with Gasteiger partial charge in [-0.25, -0.2) is 0 Å². The topological polar surface area (TPSA) is 77.4 Å². The highest BCUT2D eigenvalue weighted by Crippen LogP contribution is 2.35. The highest BCUT2D eigenvalue weighted by atomic mass is 35.5. The standard InChI is InChI=1S/C20H20Cl2O6/c21-13-5-1-3-11(7-13)19-25-9-15(23)17(24)18-16(27-19)10-26-20(28-18)12-4-2-6-14(22)8-12/h1-8,15-20,23-24H,9-10H2/t15-,16+,17+,18+,19?,20?/m0/s1. The summed E-state index contributed by atoms with van der Waals surface area (Å²) < 4.78 is 23.5. The molecular formula is C20H20Cl2O6. The number of halogens is 2. The highest BCUT2D eigenvalue weighted by Gasteiger charge is 2.44. The summed E-state index contributed by atoms with van der Waals surface area (Å²) in [4.78, 5) is 0. The second-order valence-electron chi connectivity index (χ2n) is 6.77. The molecule has 6 atom stereocenters. The number of benzene rings is 2. The number of rotatable bonds is 2. The largest absolute Gasteiger partial charge is 0.388 e. The van der Waals surface area contributed by atoms with Gasteiger partial charge in [0.15, 0.2) is 12.6 Å². The van der Waals surface area contributed by atoms with Crippen LogP contribution < -0.4 is 0 Å². The number of aliphatic hydroxyl groups excluding tert-OH is 2. The van der Waals surface area contributed by atoms with Crippen molar-refractivity contribution in [2.75, 3.05) is 13.2 Å². The molecular weight excluding hydrogens is 407 g/mol. The molecule has 150 valence electrons. The SMILES string of the molecule is O[C@H]1[C@@H]2OC(c3cccc(Cl)c3)OC[C@H]2OC(c2cccc(Cl)c2)OC[C@@H]1O. The molecule has 2 fully saturated rings. The Morgan fingerprint density at radius 2 is 1.36 bits per heavy atom. The lowest BCUT2D eigenvalue weighted by atomic mass is 10.0. The molecule has 28 heavy (non-hydrogen) atoms. The summed E-state index contributed by atoms with van der Waals surface area (Å²) >= 11 is 12.1. The van der Waals surface area contributed by atoms with E-state index in [-0.39, 0.29) is 13.2 Å². The van der Waals surface area contributed by atoms with Gasteiger partial charge in [0, 0.05) is 21.2 Å². The van der Waals surface area contributed by atoms with Crippen LogP contribution in [0.4, 0.5) is 0 Å². The molecule has 6 nitrogen and oxygen atoms in total. The Hall–Kier alpha value is -1.22. The van der Waals surface area contributed by atoms with Crippen LogP contribution in [0.2, 0.25) is 10.0 Å². The van der Waals surface area contributed by atoms with E-state index in [4.69, 9.17) is 42.1 Å². The van der Waals surface area contributed by atoms with Crippen LogP contribution >= 0.6 is 23.2 Å². The Morgan fingerprint density at radius 1 is 0.786 bits per heavy atom. The molecule has 0 aliphatic carbocycles. The van der Waals surface area contributed by atoms with Gasteiger partial charge in [-0.15, -0.1) is 0 Å². The Kier molecular flexibility index (Phi) is 6.20. The minimum atomic E-state index is -1.20. The first-order valence-corrected chi connectivity index (χ1v) is 9.68. The Bertz CT molecular complexity index is 819. The van der Waals surface area contributed by atoms with Gasteiger partial charge in [-0.1, -0.05) is 47.5 Å². The quantitative estimate of drug-likeness (QED) is 0.767. The zero-order valence-electron chi connectivity index (χ0n) is 14.8. The van der Waals surface area contributed by atoms with Crippen molar-refractivity contribution < 1.29 is 29.2 Å². The van der Waals surface area contributed by atoms with Gasteiger partial charge in [-0.05, 0) is 24.3 Å². The number of ether oxygens (including phenoxy) is 4. The molecule has 2 aliphatic heterocycles. The highest BCUT2D eigenvalue weighted by molar-refractivity contribution is 6.30. The van der Waals surface area contributed by atoms with E-state index in [1.165, 1.54) is 0 Å². The zero-order chi connectivity index (χ0) is 19.7. The predicted molar refractivity (Wildman–Crippen MR) is 102 cm³/mol. The third-order valence-corrected chi connectivity index (χ3v) is 5.22. The van der Waals surface area contributed by atoms with Crippen molar-refractivity contribution in [1.82, 2.24) is 0 Å². The minimum absolute atomic E-state index is 0.117. The summed E-state index contributed by atoms with van der Waals surface area (Å²) in [6.45, 7) is 0.0274. The first-order valence-electron chi connectivity index (χ1n) is 8.92. The lowest BCUT2D eigenvalue weighted by Gasteiger charge is -2.42. The zero-order valence-corrected chi connectivity index (χ0v) is 16.3. The Balaban J connectivity index is 1.56. The van der Waals surface area contributed by atoms with Crippen LogP contribution in [0.5, 0.6) is 0 Å². The van der Waals surface area contributed by atoms with Crippen molar-refractivity contribution >= 4 is 23.2 Å². The van der Waals surface area contributed by atoms with Gasteiger partial charge in [0.2, 0.25) is 0 Å². The molecule has 2 aliphatic rings. The van der Waals surface area contributed by atoms with Gasteiger partial charge >= 0.3 is 0 Å². The monoisotopic (exact) mass is 426 g/mol.